The van der Waals surface area contributed by atoms with Crippen LogP contribution in [0.4, 0.5) is 17.2 Å². The third-order valence-corrected chi connectivity index (χ3v) is 5.74. The fourth-order valence-corrected chi connectivity index (χ4v) is 3.89. The first kappa shape index (κ1) is 26.2. The maximum Gasteiger partial charge on any atom is 0.240 e. The van der Waals surface area contributed by atoms with Crippen LogP contribution in [0.1, 0.15) is 24.0 Å². The number of nitrogens with one attached hydrogen (secondary N) is 2. The predicted molar refractivity (Wildman–Crippen MR) is 145 cm³/mol. The standard InChI is InChI=1S/C26H33N9O/c1-18(33-21-7-9-25(32-17-21)31-12-14-34(2)3)30-11-10-22(28)19-6-8-23(20(15-19)16-27)35-13-4-5-24(35)26(29)36/h6-11,15,17,24,33H,1,4-5,12-14,28H2,2-3H3,(H2,29,36)(H,31,32)/b22-10-,30-11?/t24-/m1/s1. The molecule has 1 aliphatic rings. The molecule has 0 radical (unpaired) electrons. The summed E-state index contributed by atoms with van der Waals surface area (Å²) in [6.45, 7) is 6.31. The topological polar surface area (TPSA) is 149 Å². The number of allylic oxidation sites excluding steroid dienone is 1. The molecule has 188 valence electrons. The third kappa shape index (κ3) is 7.07. The van der Waals surface area contributed by atoms with E-state index in [1.54, 1.807) is 30.6 Å². The fourth-order valence-electron chi connectivity index (χ4n) is 3.89. The molecule has 0 bridgehead atoms. The van der Waals surface area contributed by atoms with Gasteiger partial charge in [0.15, 0.2) is 0 Å². The van der Waals surface area contributed by atoms with Crippen LogP contribution in [0.15, 0.2) is 60.0 Å². The number of nitrogens with two attached hydrogens (primary N) is 2. The van der Waals surface area contributed by atoms with Gasteiger partial charge in [0.1, 0.15) is 23.7 Å². The number of hydrogen-bond donors (Lipinski definition) is 4. The van der Waals surface area contributed by atoms with Crippen LogP contribution >= 0.6 is 0 Å². The molecule has 1 aromatic carbocycles. The number of anilines is 3. The van der Waals surface area contributed by atoms with Gasteiger partial charge in [0.25, 0.3) is 0 Å². The Labute approximate surface area is 212 Å². The molecule has 1 aromatic heterocycles. The van der Waals surface area contributed by atoms with Crippen LogP contribution in [0.3, 0.4) is 0 Å². The van der Waals surface area contributed by atoms with Gasteiger partial charge in [-0.25, -0.2) is 9.98 Å². The fraction of sp³-hybridized carbons (Fsp3) is 0.308. The maximum absolute atomic E-state index is 11.8. The molecule has 1 aliphatic heterocycles. The molecule has 3 rings (SSSR count). The molecule has 0 saturated carbocycles. The van der Waals surface area contributed by atoms with Crippen molar-refractivity contribution in [3.63, 3.8) is 0 Å². The van der Waals surface area contributed by atoms with Crippen molar-refractivity contribution in [3.8, 4) is 6.07 Å². The van der Waals surface area contributed by atoms with E-state index in [0.717, 1.165) is 31.0 Å². The van der Waals surface area contributed by atoms with Gasteiger partial charge < -0.3 is 31.9 Å². The molecule has 2 heterocycles. The molecule has 2 aromatic rings. The van der Waals surface area contributed by atoms with Gasteiger partial charge in [0.05, 0.1) is 23.1 Å². The van der Waals surface area contributed by atoms with E-state index in [9.17, 15) is 10.1 Å². The molecule has 1 amide bonds. The molecule has 10 nitrogen and oxygen atoms in total. The van der Waals surface area contributed by atoms with Crippen molar-refractivity contribution in [2.24, 2.45) is 16.5 Å². The van der Waals surface area contributed by atoms with Crippen LogP contribution in [-0.2, 0) is 4.79 Å². The van der Waals surface area contributed by atoms with Gasteiger partial charge in [0.2, 0.25) is 5.91 Å². The molecule has 1 atom stereocenters. The molecule has 36 heavy (non-hydrogen) atoms. The number of amides is 1. The van der Waals surface area contributed by atoms with Crippen molar-refractivity contribution in [1.82, 2.24) is 9.88 Å². The van der Waals surface area contributed by atoms with Crippen molar-refractivity contribution in [2.75, 3.05) is 49.3 Å². The van der Waals surface area contributed by atoms with Crippen LogP contribution in [0, 0.1) is 11.3 Å². The van der Waals surface area contributed by atoms with E-state index in [0.29, 0.717) is 41.3 Å². The number of nitrogens with zero attached hydrogens (tertiary/aromatic N) is 5. The van der Waals surface area contributed by atoms with Gasteiger partial charge in [-0.15, -0.1) is 0 Å². The molecule has 1 fully saturated rings. The normalized spacial score (nSPS) is 15.8. The monoisotopic (exact) mass is 487 g/mol. The molecule has 0 unspecified atom stereocenters. The number of hydrogen-bond acceptors (Lipinski definition) is 9. The quantitative estimate of drug-likeness (QED) is 0.353. The van der Waals surface area contributed by atoms with Gasteiger partial charge in [-0.1, -0.05) is 12.6 Å². The Bertz CT molecular complexity index is 1180. The minimum absolute atomic E-state index is 0.381. The Hall–Kier alpha value is -4.36. The number of primary amides is 1. The van der Waals surface area contributed by atoms with Crippen molar-refractivity contribution in [2.45, 2.75) is 18.9 Å². The average Bonchev–Trinajstić information content (AvgIpc) is 3.34. The Morgan fingerprint density at radius 3 is 2.83 bits per heavy atom. The Kier molecular flexibility index (Phi) is 9.02. The number of carbonyl (C=O) groups excluding carboxylic acids is 1. The van der Waals surface area contributed by atoms with Gasteiger partial charge in [-0.05, 0) is 62.8 Å². The van der Waals surface area contributed by atoms with Gasteiger partial charge >= 0.3 is 0 Å². The van der Waals surface area contributed by atoms with E-state index in [2.05, 4.69) is 38.2 Å². The number of carbonyl (C=O) groups is 1. The molecule has 10 heteroatoms. The smallest absolute Gasteiger partial charge is 0.240 e. The van der Waals surface area contributed by atoms with Crippen LogP contribution in [0.25, 0.3) is 5.70 Å². The average molecular weight is 488 g/mol. The van der Waals surface area contributed by atoms with E-state index < -0.39 is 6.04 Å². The molecule has 6 N–H and O–H groups in total. The van der Waals surface area contributed by atoms with E-state index in [4.69, 9.17) is 11.5 Å². The summed E-state index contributed by atoms with van der Waals surface area (Å²) in [6.07, 6.45) is 6.42. The molecular formula is C26H33N9O. The van der Waals surface area contributed by atoms with E-state index in [1.807, 2.05) is 37.2 Å². The minimum Gasteiger partial charge on any atom is -0.398 e. The van der Waals surface area contributed by atoms with Crippen LogP contribution in [-0.4, -0.2) is 61.8 Å². The van der Waals surface area contributed by atoms with Crippen molar-refractivity contribution in [3.05, 3.63) is 66.1 Å². The summed E-state index contributed by atoms with van der Waals surface area (Å²) in [4.78, 5) is 24.4. The highest BCUT2D eigenvalue weighted by Crippen LogP contribution is 2.30. The minimum atomic E-state index is -0.396. The van der Waals surface area contributed by atoms with E-state index >= 15 is 0 Å². The Morgan fingerprint density at radius 2 is 2.17 bits per heavy atom. The highest BCUT2D eigenvalue weighted by Gasteiger charge is 2.30. The third-order valence-electron chi connectivity index (χ3n) is 5.74. The Morgan fingerprint density at radius 1 is 1.36 bits per heavy atom. The van der Waals surface area contributed by atoms with Gasteiger partial charge in [-0.2, -0.15) is 5.26 Å². The summed E-state index contributed by atoms with van der Waals surface area (Å²) in [5, 5.41) is 16.0. The second kappa shape index (κ2) is 12.4. The van der Waals surface area contributed by atoms with Gasteiger partial charge in [-0.3, -0.25) is 4.79 Å². The molecule has 0 spiro atoms. The SMILES string of the molecule is C=C(N=C/C=C(\N)c1ccc(N2CCC[C@@H]2C(N)=O)c(C#N)c1)Nc1ccc(NCCN(C)C)nc1. The lowest BCUT2D eigenvalue weighted by Gasteiger charge is -2.25. The van der Waals surface area contributed by atoms with Crippen LogP contribution in [0.5, 0.6) is 0 Å². The number of nitriles is 1. The lowest BCUT2D eigenvalue weighted by molar-refractivity contribution is -0.119. The number of aliphatic imine (C=N–C) groups is 1. The van der Waals surface area contributed by atoms with Crippen molar-refractivity contribution < 1.29 is 4.79 Å². The maximum atomic E-state index is 11.8. The summed E-state index contributed by atoms with van der Waals surface area (Å²) in [5.41, 5.74) is 14.8. The number of rotatable bonds is 11. The highest BCUT2D eigenvalue weighted by atomic mass is 16.1. The number of likely N-dealkylation sites (N-methyl/N-ethyl adjacent to an activating group) is 1. The van der Waals surface area contributed by atoms with E-state index in [1.165, 1.54) is 0 Å². The lowest BCUT2D eigenvalue weighted by Crippen LogP contribution is -2.40. The number of aromatic nitrogens is 1. The summed E-state index contributed by atoms with van der Waals surface area (Å²) >= 11 is 0. The second-order valence-electron chi connectivity index (χ2n) is 8.73. The second-order valence-corrected chi connectivity index (χ2v) is 8.73. The lowest BCUT2D eigenvalue weighted by atomic mass is 10.1. The largest absolute Gasteiger partial charge is 0.398 e. The molecule has 1 saturated heterocycles. The highest BCUT2D eigenvalue weighted by molar-refractivity contribution is 5.87. The zero-order valence-corrected chi connectivity index (χ0v) is 20.7. The first-order valence-corrected chi connectivity index (χ1v) is 11.7. The van der Waals surface area contributed by atoms with Gasteiger partial charge in [0, 0.05) is 31.5 Å². The molecule has 0 aliphatic carbocycles. The summed E-state index contributed by atoms with van der Waals surface area (Å²) < 4.78 is 0. The number of benzene rings is 1. The van der Waals surface area contributed by atoms with Crippen molar-refractivity contribution >= 4 is 35.0 Å². The summed E-state index contributed by atoms with van der Waals surface area (Å²) in [7, 11) is 4.04. The summed E-state index contributed by atoms with van der Waals surface area (Å²) in [5.74, 6) is 0.840. The van der Waals surface area contributed by atoms with E-state index in [-0.39, 0.29) is 5.91 Å². The zero-order chi connectivity index (χ0) is 26.1. The zero-order valence-electron chi connectivity index (χ0n) is 20.7. The van der Waals surface area contributed by atoms with Crippen LogP contribution < -0.4 is 27.0 Å². The Balaban J connectivity index is 1.60. The molecular weight excluding hydrogens is 454 g/mol. The number of pyridine rings is 1. The van der Waals surface area contributed by atoms with Crippen molar-refractivity contribution in [1.29, 1.82) is 5.26 Å². The summed E-state index contributed by atoms with van der Waals surface area (Å²) in [6, 6.07) is 10.9. The first-order chi connectivity index (χ1) is 17.3. The predicted octanol–water partition coefficient (Wildman–Crippen LogP) is 2.33. The first-order valence-electron chi connectivity index (χ1n) is 11.7. The van der Waals surface area contributed by atoms with Crippen LogP contribution in [0.2, 0.25) is 0 Å².